The summed E-state index contributed by atoms with van der Waals surface area (Å²) in [7, 11) is 0. The minimum Gasteiger partial charge on any atom is -0.481 e. The zero-order valence-corrected chi connectivity index (χ0v) is 11.1. The van der Waals surface area contributed by atoms with Crippen LogP contribution in [0.5, 0.6) is 0 Å². The van der Waals surface area contributed by atoms with Crippen LogP contribution in [-0.4, -0.2) is 17.6 Å². The lowest BCUT2D eigenvalue weighted by Crippen LogP contribution is -2.34. The first-order valence-corrected chi connectivity index (χ1v) is 6.10. The van der Waals surface area contributed by atoms with Gasteiger partial charge in [-0.2, -0.15) is 0 Å². The predicted octanol–water partition coefficient (Wildman–Crippen LogP) is 2.67. The highest BCUT2D eigenvalue weighted by Gasteiger charge is 2.37. The van der Waals surface area contributed by atoms with E-state index in [4.69, 9.17) is 5.73 Å². The van der Waals surface area contributed by atoms with Crippen LogP contribution in [0.3, 0.4) is 0 Å². The largest absolute Gasteiger partial charge is 0.481 e. The summed E-state index contributed by atoms with van der Waals surface area (Å²) in [6.07, 6.45) is 0.848. The van der Waals surface area contributed by atoms with Gasteiger partial charge in [0, 0.05) is 5.56 Å². The van der Waals surface area contributed by atoms with Gasteiger partial charge in [0.25, 0.3) is 0 Å². The fourth-order valence-electron chi connectivity index (χ4n) is 1.74. The molecule has 0 aliphatic rings. The maximum absolute atomic E-state index is 13.9. The van der Waals surface area contributed by atoms with Crippen LogP contribution >= 0.6 is 15.9 Å². The van der Waals surface area contributed by atoms with Crippen molar-refractivity contribution >= 4 is 21.9 Å². The van der Waals surface area contributed by atoms with Crippen LogP contribution in [0.1, 0.15) is 25.3 Å². The second-order valence-corrected chi connectivity index (χ2v) is 4.99. The van der Waals surface area contributed by atoms with Gasteiger partial charge in [-0.25, -0.2) is 4.39 Å². The van der Waals surface area contributed by atoms with Crippen molar-refractivity contribution in [2.45, 2.75) is 25.2 Å². The number of hydrogen-bond acceptors (Lipinski definition) is 2. The first-order valence-electron chi connectivity index (χ1n) is 5.31. The van der Waals surface area contributed by atoms with Gasteiger partial charge in [-0.1, -0.05) is 12.1 Å². The van der Waals surface area contributed by atoms with Gasteiger partial charge >= 0.3 is 5.97 Å². The molecule has 1 atom stereocenters. The monoisotopic (exact) mass is 303 g/mol. The van der Waals surface area contributed by atoms with Crippen LogP contribution < -0.4 is 5.73 Å². The number of carboxylic acid groups (broad SMARTS) is 1. The molecule has 17 heavy (non-hydrogen) atoms. The third kappa shape index (κ3) is 2.84. The number of aliphatic carboxylic acids is 1. The topological polar surface area (TPSA) is 63.3 Å². The van der Waals surface area contributed by atoms with E-state index in [0.29, 0.717) is 19.4 Å². The summed E-state index contributed by atoms with van der Waals surface area (Å²) in [6.45, 7) is 1.91. The SMILES string of the molecule is CC(CCCN)(C(=O)O)c1cccc(Br)c1F. The van der Waals surface area contributed by atoms with Gasteiger partial charge < -0.3 is 10.8 Å². The van der Waals surface area contributed by atoms with E-state index in [9.17, 15) is 14.3 Å². The molecule has 1 aromatic rings. The second kappa shape index (κ2) is 5.60. The Bertz CT molecular complexity index is 425. The Hall–Kier alpha value is -0.940. The van der Waals surface area contributed by atoms with Gasteiger partial charge in [0.15, 0.2) is 0 Å². The highest BCUT2D eigenvalue weighted by Crippen LogP contribution is 2.33. The molecule has 0 amide bonds. The Morgan fingerprint density at radius 3 is 2.76 bits per heavy atom. The van der Waals surface area contributed by atoms with Crippen LogP contribution in [0.4, 0.5) is 4.39 Å². The molecule has 0 fully saturated rings. The van der Waals surface area contributed by atoms with Crippen molar-refractivity contribution in [2.75, 3.05) is 6.54 Å². The Labute approximate surface area is 108 Å². The molecule has 1 unspecified atom stereocenters. The average Bonchev–Trinajstić information content (AvgIpc) is 2.29. The Kier molecular flexibility index (Phi) is 4.65. The van der Waals surface area contributed by atoms with E-state index >= 15 is 0 Å². The standard InChI is InChI=1S/C12H15BrFNO2/c1-12(11(16)17,6-3-7-15)8-4-2-5-9(13)10(8)14/h2,4-5H,3,6-7,15H2,1H3,(H,16,17). The van der Waals surface area contributed by atoms with Gasteiger partial charge in [-0.05, 0) is 48.3 Å². The summed E-state index contributed by atoms with van der Waals surface area (Å²) in [4.78, 5) is 11.4. The zero-order chi connectivity index (χ0) is 13.1. The van der Waals surface area contributed by atoms with E-state index in [1.807, 2.05) is 0 Å². The van der Waals surface area contributed by atoms with E-state index in [1.165, 1.54) is 13.0 Å². The van der Waals surface area contributed by atoms with Gasteiger partial charge in [-0.3, -0.25) is 4.79 Å². The highest BCUT2D eigenvalue weighted by atomic mass is 79.9. The number of benzene rings is 1. The smallest absolute Gasteiger partial charge is 0.313 e. The van der Waals surface area contributed by atoms with Gasteiger partial charge in [-0.15, -0.1) is 0 Å². The van der Waals surface area contributed by atoms with Crippen LogP contribution in [0, 0.1) is 5.82 Å². The first-order chi connectivity index (χ1) is 7.93. The number of halogens is 2. The highest BCUT2D eigenvalue weighted by molar-refractivity contribution is 9.10. The van der Waals surface area contributed by atoms with Crippen molar-refractivity contribution in [1.82, 2.24) is 0 Å². The van der Waals surface area contributed by atoms with Crippen LogP contribution in [-0.2, 0) is 10.2 Å². The van der Waals surface area contributed by atoms with E-state index in [0.717, 1.165) is 0 Å². The Balaban J connectivity index is 3.22. The molecule has 0 heterocycles. The molecule has 1 rings (SSSR count). The molecule has 5 heteroatoms. The number of carboxylic acids is 1. The van der Waals surface area contributed by atoms with Crippen LogP contribution in [0.15, 0.2) is 22.7 Å². The molecule has 0 saturated heterocycles. The quantitative estimate of drug-likeness (QED) is 0.879. The molecule has 3 nitrogen and oxygen atoms in total. The van der Waals surface area contributed by atoms with E-state index in [1.54, 1.807) is 12.1 Å². The third-order valence-electron chi connectivity index (χ3n) is 2.90. The van der Waals surface area contributed by atoms with Gasteiger partial charge in [0.1, 0.15) is 5.82 Å². The lowest BCUT2D eigenvalue weighted by atomic mass is 9.78. The van der Waals surface area contributed by atoms with Crippen molar-refractivity contribution in [3.05, 3.63) is 34.1 Å². The van der Waals surface area contributed by atoms with E-state index in [-0.39, 0.29) is 10.0 Å². The van der Waals surface area contributed by atoms with Gasteiger partial charge in [0.2, 0.25) is 0 Å². The summed E-state index contributed by atoms with van der Waals surface area (Å²) in [5.74, 6) is -1.56. The van der Waals surface area contributed by atoms with Gasteiger partial charge in [0.05, 0.1) is 9.89 Å². The molecular formula is C12H15BrFNO2. The van der Waals surface area contributed by atoms with Crippen molar-refractivity contribution in [2.24, 2.45) is 5.73 Å². The number of carbonyl (C=O) groups is 1. The van der Waals surface area contributed by atoms with Crippen molar-refractivity contribution in [3.8, 4) is 0 Å². The Morgan fingerprint density at radius 1 is 1.59 bits per heavy atom. The average molecular weight is 304 g/mol. The van der Waals surface area contributed by atoms with Crippen molar-refractivity contribution in [1.29, 1.82) is 0 Å². The van der Waals surface area contributed by atoms with Crippen LogP contribution in [0.25, 0.3) is 0 Å². The van der Waals surface area contributed by atoms with E-state index in [2.05, 4.69) is 15.9 Å². The molecule has 0 aliphatic heterocycles. The fraction of sp³-hybridized carbons (Fsp3) is 0.417. The molecule has 1 aromatic carbocycles. The van der Waals surface area contributed by atoms with Crippen molar-refractivity contribution in [3.63, 3.8) is 0 Å². The summed E-state index contributed by atoms with van der Waals surface area (Å²) < 4.78 is 14.2. The number of nitrogens with two attached hydrogens (primary N) is 1. The predicted molar refractivity (Wildman–Crippen MR) is 67.4 cm³/mol. The summed E-state index contributed by atoms with van der Waals surface area (Å²) in [6, 6.07) is 4.68. The minimum absolute atomic E-state index is 0.188. The maximum Gasteiger partial charge on any atom is 0.313 e. The second-order valence-electron chi connectivity index (χ2n) is 4.13. The minimum atomic E-state index is -1.24. The third-order valence-corrected chi connectivity index (χ3v) is 3.51. The summed E-state index contributed by atoms with van der Waals surface area (Å²) in [5, 5.41) is 9.31. The fourth-order valence-corrected chi connectivity index (χ4v) is 2.11. The molecule has 94 valence electrons. The molecule has 0 saturated carbocycles. The van der Waals surface area contributed by atoms with E-state index < -0.39 is 17.2 Å². The lowest BCUT2D eigenvalue weighted by molar-refractivity contribution is -0.143. The molecule has 0 aromatic heterocycles. The maximum atomic E-state index is 13.9. The normalized spacial score (nSPS) is 14.4. The van der Waals surface area contributed by atoms with Crippen LogP contribution in [0.2, 0.25) is 0 Å². The number of rotatable bonds is 5. The lowest BCUT2D eigenvalue weighted by Gasteiger charge is -2.26. The molecule has 0 radical (unpaired) electrons. The zero-order valence-electron chi connectivity index (χ0n) is 9.54. The Morgan fingerprint density at radius 2 is 2.24 bits per heavy atom. The molecule has 3 N–H and O–H groups in total. The molecular weight excluding hydrogens is 289 g/mol. The van der Waals surface area contributed by atoms with Crippen molar-refractivity contribution < 1.29 is 14.3 Å². The molecule has 0 bridgehead atoms. The molecule has 0 aliphatic carbocycles. The summed E-state index contributed by atoms with van der Waals surface area (Å²) in [5.41, 5.74) is 4.33. The number of hydrogen-bond donors (Lipinski definition) is 2. The summed E-state index contributed by atoms with van der Waals surface area (Å²) >= 11 is 3.06. The first kappa shape index (κ1) is 14.1. The molecule has 0 spiro atoms.